The van der Waals surface area contributed by atoms with Crippen molar-refractivity contribution in [3.05, 3.63) is 232 Å². The molecule has 1 atom stereocenters. The van der Waals surface area contributed by atoms with Gasteiger partial charge in [-0.15, -0.1) is 0 Å². The first-order valence-corrected chi connectivity index (χ1v) is 31.9. The molecule has 0 N–H and O–H groups in total. The van der Waals surface area contributed by atoms with Gasteiger partial charge in [-0.05, 0) is 156 Å². The van der Waals surface area contributed by atoms with Crippen LogP contribution in [0.25, 0.3) is 33.1 Å². The van der Waals surface area contributed by atoms with E-state index in [0.29, 0.717) is 0 Å². The average Bonchev–Trinajstić information content (AvgIpc) is 1.42. The van der Waals surface area contributed by atoms with Crippen molar-refractivity contribution in [2.75, 3.05) is 9.80 Å². The highest BCUT2D eigenvalue weighted by Crippen LogP contribution is 2.50. The van der Waals surface area contributed by atoms with Crippen LogP contribution in [0.3, 0.4) is 0 Å². The van der Waals surface area contributed by atoms with E-state index in [0.717, 1.165) is 36.0 Å². The van der Waals surface area contributed by atoms with Crippen LogP contribution in [0.2, 0.25) is 0 Å². The molecule has 0 radical (unpaired) electrons. The van der Waals surface area contributed by atoms with Crippen LogP contribution >= 0.6 is 0 Å². The summed E-state index contributed by atoms with van der Waals surface area (Å²) in [5.74, 6) is 0.162. The highest BCUT2D eigenvalue weighted by atomic mass is 16.3. The number of aryl methyl sites for hydroxylation is 1. The van der Waals surface area contributed by atoms with E-state index in [9.17, 15) is 0 Å². The fraction of sp³-hybridized carbons (Fsp3) is 0.341. The Morgan fingerprint density at radius 2 is 0.930 bits per heavy atom. The lowest BCUT2D eigenvalue weighted by Crippen LogP contribution is -2.59. The molecule has 86 heavy (non-hydrogen) atoms. The van der Waals surface area contributed by atoms with Gasteiger partial charge in [0.1, 0.15) is 11.2 Å². The van der Waals surface area contributed by atoms with Gasteiger partial charge in [-0.3, -0.25) is 0 Å². The zero-order chi connectivity index (χ0) is 61.2. The highest BCUT2D eigenvalue weighted by Gasteiger charge is 2.42. The Bertz CT molecular complexity index is 4170. The maximum absolute atomic E-state index is 7.19. The van der Waals surface area contributed by atoms with Crippen molar-refractivity contribution in [3.8, 4) is 11.1 Å². The van der Waals surface area contributed by atoms with Crippen molar-refractivity contribution in [3.63, 3.8) is 0 Å². The number of furan rings is 1. The van der Waals surface area contributed by atoms with Gasteiger partial charge in [0.05, 0.1) is 0 Å². The second-order valence-electron chi connectivity index (χ2n) is 31.4. The van der Waals surface area contributed by atoms with Crippen molar-refractivity contribution in [2.45, 2.75) is 182 Å². The van der Waals surface area contributed by atoms with Crippen LogP contribution in [-0.4, -0.2) is 6.71 Å². The van der Waals surface area contributed by atoms with Gasteiger partial charge in [-0.2, -0.15) is 0 Å². The third-order valence-electron chi connectivity index (χ3n) is 18.9. The third kappa shape index (κ3) is 10.6. The van der Waals surface area contributed by atoms with Crippen LogP contribution < -0.4 is 26.2 Å². The minimum Gasteiger partial charge on any atom is -0.455 e. The molecule has 438 valence electrons. The third-order valence-corrected chi connectivity index (χ3v) is 18.9. The lowest BCUT2D eigenvalue weighted by molar-refractivity contribution is 0.573. The number of anilines is 6. The standard InChI is InChI=1S/C82H91BN2O/c1-77(2,3)55-41-44-58(45-42-55)84-72-46-43-57(79(7,8)9)50-69(72)83-68-49-56(78(4,5)6)40-39-53(68)47-52(60-27-19-20-28-61(60)62-29-25-30-63-64-31-26-34-67(82(16,17)18)76(64)86-75(62)63)37-38-54-48-59(51-73(84)74(54)83)85(70-35-23-21-32-65(70)80(10,11)12)71-36-24-22-33-66(71)81(13,14)15/h19-36,39-46,48-52H,37-38,47H2,1-18H3. The van der Waals surface area contributed by atoms with Gasteiger partial charge in [-0.25, -0.2) is 0 Å². The van der Waals surface area contributed by atoms with Gasteiger partial charge >= 0.3 is 0 Å². The molecule has 0 fully saturated rings. The number of fused-ring (bicyclic) bond motifs is 7. The Balaban J connectivity index is 1.19. The van der Waals surface area contributed by atoms with Crippen molar-refractivity contribution >= 4 is 79.2 Å². The molecule has 2 aliphatic rings. The van der Waals surface area contributed by atoms with Gasteiger partial charge < -0.3 is 14.2 Å². The van der Waals surface area contributed by atoms with Crippen LogP contribution in [0.1, 0.15) is 187 Å². The van der Waals surface area contributed by atoms with Gasteiger partial charge in [0.2, 0.25) is 6.71 Å². The predicted octanol–water partition coefficient (Wildman–Crippen LogP) is 21.1. The second-order valence-corrected chi connectivity index (χ2v) is 31.4. The molecule has 12 rings (SSSR count). The molecular weight excluding hydrogens is 1040 g/mol. The molecule has 10 aromatic rings. The second kappa shape index (κ2) is 21.1. The quantitative estimate of drug-likeness (QED) is 0.155. The maximum Gasteiger partial charge on any atom is 0.247 e. The first-order chi connectivity index (χ1) is 40.5. The van der Waals surface area contributed by atoms with E-state index in [1.807, 2.05) is 0 Å². The molecule has 0 saturated carbocycles. The minimum atomic E-state index is -0.145. The minimum absolute atomic E-state index is 0.00206. The fourth-order valence-electron chi connectivity index (χ4n) is 14.2. The van der Waals surface area contributed by atoms with Crippen LogP contribution in [-0.2, 0) is 45.3 Å². The number of hydrogen-bond donors (Lipinski definition) is 0. The first-order valence-electron chi connectivity index (χ1n) is 31.9. The molecule has 1 aromatic heterocycles. The van der Waals surface area contributed by atoms with E-state index in [1.54, 1.807) is 0 Å². The van der Waals surface area contributed by atoms with Crippen LogP contribution in [0.5, 0.6) is 0 Å². The van der Waals surface area contributed by atoms with Crippen LogP contribution in [0.4, 0.5) is 34.1 Å². The van der Waals surface area contributed by atoms with Crippen molar-refractivity contribution < 1.29 is 4.42 Å². The molecule has 3 nitrogen and oxygen atoms in total. The van der Waals surface area contributed by atoms with E-state index < -0.39 is 0 Å². The average molecular weight is 1130 g/mol. The molecule has 1 unspecified atom stereocenters. The number of rotatable bonds is 6. The molecule has 0 bridgehead atoms. The number of nitrogens with zero attached hydrogens (tertiary/aromatic N) is 2. The molecule has 0 saturated heterocycles. The molecule has 0 spiro atoms. The number of benzene rings is 9. The monoisotopic (exact) mass is 1130 g/mol. The van der Waals surface area contributed by atoms with Gasteiger partial charge in [0, 0.05) is 56.0 Å². The SMILES string of the molecule is CC(C)(C)c1ccc(N2c3ccc(C(C)(C)C)cc3B3c4cc(C(C)(C)C)ccc4CC(c4ccccc4-c4cccc5c4oc4c(C(C)(C)C)cccc45)CCc4cc(N(c5ccccc5C(C)(C)C)c5ccccc5C(C)(C)C)cc2c43)cc1. The Morgan fingerprint density at radius 1 is 0.419 bits per heavy atom. The summed E-state index contributed by atoms with van der Waals surface area (Å²) >= 11 is 0. The molecule has 0 amide bonds. The van der Waals surface area contributed by atoms with Crippen LogP contribution in [0.15, 0.2) is 186 Å². The van der Waals surface area contributed by atoms with E-state index in [2.05, 4.69) is 316 Å². The smallest absolute Gasteiger partial charge is 0.247 e. The summed E-state index contributed by atoms with van der Waals surface area (Å²) in [5, 5.41) is 2.34. The van der Waals surface area contributed by atoms with E-state index >= 15 is 0 Å². The van der Waals surface area contributed by atoms with E-state index in [-0.39, 0.29) is 45.1 Å². The Hall–Kier alpha value is -7.56. The lowest BCUT2D eigenvalue weighted by atomic mass is 9.33. The van der Waals surface area contributed by atoms with Crippen molar-refractivity contribution in [1.82, 2.24) is 0 Å². The van der Waals surface area contributed by atoms with E-state index in [1.165, 1.54) is 117 Å². The summed E-state index contributed by atoms with van der Waals surface area (Å²) in [4.78, 5) is 5.28. The summed E-state index contributed by atoms with van der Waals surface area (Å²) in [7, 11) is 0. The number of para-hydroxylation sites is 4. The van der Waals surface area contributed by atoms with Crippen molar-refractivity contribution in [2.24, 2.45) is 0 Å². The summed E-state index contributed by atoms with van der Waals surface area (Å²) in [5.41, 5.74) is 27.3. The van der Waals surface area contributed by atoms with Crippen molar-refractivity contribution in [1.29, 1.82) is 0 Å². The molecule has 0 aliphatic carbocycles. The zero-order valence-corrected chi connectivity index (χ0v) is 54.9. The fourth-order valence-corrected chi connectivity index (χ4v) is 14.2. The van der Waals surface area contributed by atoms with Gasteiger partial charge in [-0.1, -0.05) is 275 Å². The van der Waals surface area contributed by atoms with Gasteiger partial charge in [0.25, 0.3) is 0 Å². The summed E-state index contributed by atoms with van der Waals surface area (Å²) in [6, 6.07) is 71.0. The van der Waals surface area contributed by atoms with Gasteiger partial charge in [0.15, 0.2) is 0 Å². The van der Waals surface area contributed by atoms with E-state index in [4.69, 9.17) is 4.42 Å². The summed E-state index contributed by atoms with van der Waals surface area (Å²) < 4.78 is 7.19. The molecule has 4 heteroatoms. The molecule has 2 aliphatic heterocycles. The largest absolute Gasteiger partial charge is 0.455 e. The lowest BCUT2D eigenvalue weighted by Gasteiger charge is -2.41. The Labute approximate surface area is 516 Å². The predicted molar refractivity (Wildman–Crippen MR) is 373 cm³/mol. The number of hydrogen-bond acceptors (Lipinski definition) is 3. The molecular formula is C82H91BN2O. The zero-order valence-electron chi connectivity index (χ0n) is 54.9. The molecule has 9 aromatic carbocycles. The summed E-state index contributed by atoms with van der Waals surface area (Å²) in [6.45, 7) is 42.2. The summed E-state index contributed by atoms with van der Waals surface area (Å²) in [6.07, 6.45) is 2.71. The topological polar surface area (TPSA) is 19.6 Å². The first kappa shape index (κ1) is 58.8. The normalized spacial score (nSPS) is 15.0. The maximum atomic E-state index is 7.19. The van der Waals surface area contributed by atoms with Crippen LogP contribution in [0, 0.1) is 0 Å². The Morgan fingerprint density at radius 3 is 1.53 bits per heavy atom. The Kier molecular flexibility index (Phi) is 14.4. The molecule has 3 heterocycles. The highest BCUT2D eigenvalue weighted by molar-refractivity contribution is 6.98.